The topological polar surface area (TPSA) is 166 Å². The van der Waals surface area contributed by atoms with E-state index in [-0.39, 0.29) is 44.5 Å². The first-order chi connectivity index (χ1) is 18.0. The van der Waals surface area contributed by atoms with Crippen molar-refractivity contribution in [2.45, 2.75) is 44.6 Å². The van der Waals surface area contributed by atoms with E-state index in [2.05, 4.69) is 31.0 Å². The predicted molar refractivity (Wildman–Crippen MR) is 138 cm³/mol. The van der Waals surface area contributed by atoms with Crippen LogP contribution in [0.3, 0.4) is 0 Å². The number of aryl methyl sites for hydroxylation is 2. The first kappa shape index (κ1) is 25.4. The molecule has 5 rings (SSSR count). The van der Waals surface area contributed by atoms with Gasteiger partial charge < -0.3 is 20.1 Å². The van der Waals surface area contributed by atoms with Crippen molar-refractivity contribution in [3.63, 3.8) is 0 Å². The van der Waals surface area contributed by atoms with Gasteiger partial charge in [0.2, 0.25) is 0 Å². The number of fused-ring (bicyclic) bond motifs is 1. The Morgan fingerprint density at radius 2 is 1.89 bits per heavy atom. The van der Waals surface area contributed by atoms with Gasteiger partial charge in [-0.25, -0.2) is 8.42 Å². The zero-order chi connectivity index (χ0) is 27.2. The molecule has 0 unspecified atom stereocenters. The molecule has 0 atom stereocenters. The van der Waals surface area contributed by atoms with E-state index in [4.69, 9.17) is 4.52 Å². The fourth-order valence-electron chi connectivity index (χ4n) is 4.64. The summed E-state index contributed by atoms with van der Waals surface area (Å²) in [7, 11) is -4.55. The van der Waals surface area contributed by atoms with Crippen LogP contribution in [-0.2, 0) is 22.0 Å². The van der Waals surface area contributed by atoms with Gasteiger partial charge in [-0.3, -0.25) is 14.7 Å². The van der Waals surface area contributed by atoms with Crippen LogP contribution in [0.15, 0.2) is 52.0 Å². The zero-order valence-electron chi connectivity index (χ0n) is 21.2. The molecular formula is C25H27N7O5S. The third-order valence-electron chi connectivity index (χ3n) is 6.48. The fraction of sp³-hybridized carbons (Fsp3) is 0.280. The molecule has 3 aromatic heterocycles. The van der Waals surface area contributed by atoms with Crippen molar-refractivity contribution in [1.82, 2.24) is 25.7 Å². The summed E-state index contributed by atoms with van der Waals surface area (Å²) in [6, 6.07) is 9.45. The summed E-state index contributed by atoms with van der Waals surface area (Å²) in [6.45, 7) is 7.86. The number of nitrogens with zero attached hydrogens (tertiary/aromatic N) is 3. The minimum absolute atomic E-state index is 0.0384. The molecule has 0 saturated carbocycles. The van der Waals surface area contributed by atoms with E-state index in [1.807, 2.05) is 13.8 Å². The van der Waals surface area contributed by atoms with Crippen LogP contribution in [0.5, 0.6) is 0 Å². The monoisotopic (exact) mass is 537 g/mol. The van der Waals surface area contributed by atoms with Crippen molar-refractivity contribution in [3.05, 3.63) is 76.6 Å². The number of aromatic amines is 2. The number of para-hydroxylation sites is 1. The Bertz CT molecular complexity index is 1610. The lowest BCUT2D eigenvalue weighted by Gasteiger charge is -2.31. The van der Waals surface area contributed by atoms with Crippen LogP contribution in [0.25, 0.3) is 0 Å². The maximum Gasteiger partial charge on any atom is 0.277 e. The Hall–Kier alpha value is -4.23. The predicted octanol–water partition coefficient (Wildman–Crippen LogP) is 3.01. The third-order valence-corrected chi connectivity index (χ3v) is 8.40. The largest absolute Gasteiger partial charge is 0.360 e. The van der Waals surface area contributed by atoms with Gasteiger partial charge in [-0.1, -0.05) is 31.1 Å². The molecule has 0 bridgehead atoms. The molecule has 2 amide bonds. The minimum Gasteiger partial charge on any atom is -0.360 e. The van der Waals surface area contributed by atoms with Gasteiger partial charge in [-0.2, -0.15) is 9.40 Å². The van der Waals surface area contributed by atoms with Gasteiger partial charge in [0, 0.05) is 36.0 Å². The lowest BCUT2D eigenvalue weighted by Crippen LogP contribution is -2.41. The lowest BCUT2D eigenvalue weighted by molar-refractivity contribution is 0.101. The quantitative estimate of drug-likeness (QED) is 0.291. The van der Waals surface area contributed by atoms with E-state index < -0.39 is 21.8 Å². The second-order valence-electron chi connectivity index (χ2n) is 9.70. The third kappa shape index (κ3) is 4.19. The molecule has 198 valence electrons. The summed E-state index contributed by atoms with van der Waals surface area (Å²) in [5.41, 5.74) is 1.38. The second kappa shape index (κ2) is 9.26. The summed E-state index contributed by atoms with van der Waals surface area (Å²) < 4.78 is 34.1. The van der Waals surface area contributed by atoms with Gasteiger partial charge in [0.05, 0.1) is 11.3 Å². The lowest BCUT2D eigenvalue weighted by atomic mass is 9.84. The van der Waals surface area contributed by atoms with Gasteiger partial charge in [0.1, 0.15) is 11.4 Å². The van der Waals surface area contributed by atoms with Crippen LogP contribution in [0.1, 0.15) is 57.4 Å². The first-order valence-corrected chi connectivity index (χ1v) is 13.3. The van der Waals surface area contributed by atoms with E-state index in [1.54, 1.807) is 30.5 Å². The molecule has 0 aliphatic carbocycles. The second-order valence-corrected chi connectivity index (χ2v) is 11.4. The number of hydrogen-bond donors (Lipinski definition) is 4. The van der Waals surface area contributed by atoms with E-state index in [1.165, 1.54) is 26.0 Å². The molecule has 1 aromatic carbocycles. The number of carbonyl (C=O) groups is 2. The number of rotatable bonds is 6. The van der Waals surface area contributed by atoms with E-state index in [9.17, 15) is 18.0 Å². The molecule has 1 aliphatic rings. The number of hydrogen-bond acceptors (Lipinski definition) is 8. The number of sulfonamides is 1. The number of benzene rings is 1. The average molecular weight is 538 g/mol. The normalized spacial score (nSPS) is 14.6. The Balaban J connectivity index is 1.67. The van der Waals surface area contributed by atoms with E-state index in [0.717, 1.165) is 5.69 Å². The molecule has 4 heterocycles. The number of carbonyl (C=O) groups excluding carboxylic acids is 2. The number of H-pyrrole nitrogens is 2. The Morgan fingerprint density at radius 3 is 2.58 bits per heavy atom. The SMILES string of the molecule is Cc1noc(C)c1S(=O)(=O)N(C(=O)c1ccccc1NC(=O)c1ccc[nH]1)c1n[nH]c2c1CNCC2(C)C. The molecule has 1 aliphatic heterocycles. The van der Waals surface area contributed by atoms with Gasteiger partial charge in [0.25, 0.3) is 21.8 Å². The number of aromatic nitrogens is 4. The van der Waals surface area contributed by atoms with Crippen molar-refractivity contribution >= 4 is 33.3 Å². The van der Waals surface area contributed by atoms with Crippen molar-refractivity contribution in [1.29, 1.82) is 0 Å². The summed E-state index contributed by atoms with van der Waals surface area (Å²) in [5, 5.41) is 17.0. The maximum atomic E-state index is 14.2. The minimum atomic E-state index is -4.55. The molecule has 13 heteroatoms. The molecule has 4 aromatic rings. The van der Waals surface area contributed by atoms with Crippen LogP contribution in [0.4, 0.5) is 11.5 Å². The molecule has 0 radical (unpaired) electrons. The molecule has 0 spiro atoms. The molecule has 12 nitrogen and oxygen atoms in total. The van der Waals surface area contributed by atoms with Crippen molar-refractivity contribution in [2.75, 3.05) is 16.2 Å². The maximum absolute atomic E-state index is 14.2. The highest BCUT2D eigenvalue weighted by atomic mass is 32.2. The smallest absolute Gasteiger partial charge is 0.277 e. The standard InChI is InChI=1S/C25H27N7O5S/c1-14-20(15(2)37-31-14)38(35,36)32(22-17-12-26-13-25(3,4)21(17)29-30-22)24(34)16-8-5-6-9-18(16)28-23(33)19-10-7-11-27-19/h5-11,26-27H,12-13H2,1-4H3,(H,28,33)(H,29,30). The van der Waals surface area contributed by atoms with Crippen LogP contribution >= 0.6 is 0 Å². The number of nitrogens with one attached hydrogen (secondary N) is 4. The van der Waals surface area contributed by atoms with Crippen LogP contribution in [-0.4, -0.2) is 47.1 Å². The molecule has 4 N–H and O–H groups in total. The van der Waals surface area contributed by atoms with Gasteiger partial charge >= 0.3 is 0 Å². The summed E-state index contributed by atoms with van der Waals surface area (Å²) in [5.74, 6) is -1.41. The van der Waals surface area contributed by atoms with Crippen molar-refractivity contribution in [3.8, 4) is 0 Å². The van der Waals surface area contributed by atoms with E-state index in [0.29, 0.717) is 23.0 Å². The van der Waals surface area contributed by atoms with E-state index >= 15 is 0 Å². The summed E-state index contributed by atoms with van der Waals surface area (Å²) in [6.07, 6.45) is 1.60. The molecule has 0 saturated heterocycles. The Morgan fingerprint density at radius 1 is 1.13 bits per heavy atom. The Labute approximate surface area is 218 Å². The van der Waals surface area contributed by atoms with Gasteiger partial charge in [-0.05, 0) is 38.1 Å². The highest BCUT2D eigenvalue weighted by Gasteiger charge is 2.42. The van der Waals surface area contributed by atoms with Crippen molar-refractivity contribution in [2.24, 2.45) is 0 Å². The first-order valence-electron chi connectivity index (χ1n) is 11.9. The zero-order valence-corrected chi connectivity index (χ0v) is 22.1. The molecule has 0 fully saturated rings. The fourth-order valence-corrected chi connectivity index (χ4v) is 6.33. The highest BCUT2D eigenvalue weighted by molar-refractivity contribution is 7.93. The summed E-state index contributed by atoms with van der Waals surface area (Å²) >= 11 is 0. The Kier molecular flexibility index (Phi) is 6.19. The van der Waals surface area contributed by atoms with Crippen LogP contribution < -0.4 is 14.9 Å². The van der Waals surface area contributed by atoms with Gasteiger partial charge in [0.15, 0.2) is 16.5 Å². The van der Waals surface area contributed by atoms with Gasteiger partial charge in [-0.15, -0.1) is 0 Å². The molecular weight excluding hydrogens is 510 g/mol. The van der Waals surface area contributed by atoms with Crippen molar-refractivity contribution < 1.29 is 22.5 Å². The number of amides is 2. The van der Waals surface area contributed by atoms with Crippen LogP contribution in [0.2, 0.25) is 0 Å². The molecule has 38 heavy (non-hydrogen) atoms. The average Bonchev–Trinajstić information content (AvgIpc) is 3.61. The van der Waals surface area contributed by atoms with Crippen LogP contribution in [0, 0.1) is 13.8 Å². The summed E-state index contributed by atoms with van der Waals surface area (Å²) in [4.78, 5) is 29.5. The highest BCUT2D eigenvalue weighted by Crippen LogP contribution is 2.37. The number of anilines is 2.